The smallest absolute Gasteiger partial charge is 0.287 e. The van der Waals surface area contributed by atoms with Crippen LogP contribution in [0.3, 0.4) is 0 Å². The molecule has 3 aromatic carbocycles. The molecule has 0 spiro atoms. The number of hydrogen-bond acceptors (Lipinski definition) is 2. The van der Waals surface area contributed by atoms with Crippen molar-refractivity contribution >= 4 is 5.91 Å². The van der Waals surface area contributed by atoms with Gasteiger partial charge in [0.1, 0.15) is 13.1 Å². The van der Waals surface area contributed by atoms with Gasteiger partial charge in [-0.25, -0.2) is 0 Å². The van der Waals surface area contributed by atoms with Crippen LogP contribution in [0, 0.1) is 0 Å². The van der Waals surface area contributed by atoms with Crippen molar-refractivity contribution in [2.45, 2.75) is 25.6 Å². The molecule has 2 atom stereocenters. The summed E-state index contributed by atoms with van der Waals surface area (Å²) < 4.78 is 5.91. The van der Waals surface area contributed by atoms with Crippen LogP contribution in [-0.2, 0) is 19.5 Å². The highest BCUT2D eigenvalue weighted by atomic mass is 16.4. The summed E-state index contributed by atoms with van der Waals surface area (Å²) in [5.41, 5.74) is 3.53. The van der Waals surface area contributed by atoms with Gasteiger partial charge in [0, 0.05) is 5.56 Å². The molecule has 32 heavy (non-hydrogen) atoms. The number of quaternary nitrogens is 1. The Hall–Kier alpha value is -3.63. The van der Waals surface area contributed by atoms with Gasteiger partial charge in [0.25, 0.3) is 5.91 Å². The molecule has 0 saturated carbocycles. The summed E-state index contributed by atoms with van der Waals surface area (Å²) in [6.07, 6.45) is 0.716. The maximum atomic E-state index is 13.0. The number of carbonyl (C=O) groups excluding carboxylic acids is 1. The van der Waals surface area contributed by atoms with Crippen molar-refractivity contribution in [3.8, 4) is 0 Å². The molecule has 4 rings (SSSR count). The second-order valence-corrected chi connectivity index (χ2v) is 8.19. The van der Waals surface area contributed by atoms with Gasteiger partial charge in [0.2, 0.25) is 0 Å². The lowest BCUT2D eigenvalue weighted by molar-refractivity contribution is -0.908. The van der Waals surface area contributed by atoms with Crippen molar-refractivity contribution in [3.05, 3.63) is 131 Å². The van der Waals surface area contributed by atoms with Crippen molar-refractivity contribution < 1.29 is 14.1 Å². The van der Waals surface area contributed by atoms with E-state index in [0.717, 1.165) is 17.9 Å². The summed E-state index contributed by atoms with van der Waals surface area (Å²) in [5.74, 6) is 0.964. The average molecular weight is 426 g/mol. The fourth-order valence-electron chi connectivity index (χ4n) is 3.92. The van der Waals surface area contributed by atoms with Gasteiger partial charge in [-0.3, -0.25) is 4.79 Å². The molecule has 1 heterocycles. The van der Waals surface area contributed by atoms with Crippen LogP contribution in [0.1, 0.15) is 39.0 Å². The topological polar surface area (TPSA) is 46.7 Å². The van der Waals surface area contributed by atoms with E-state index in [-0.39, 0.29) is 11.9 Å². The Morgan fingerprint density at radius 1 is 0.781 bits per heavy atom. The van der Waals surface area contributed by atoms with Gasteiger partial charge in [-0.05, 0) is 29.7 Å². The summed E-state index contributed by atoms with van der Waals surface area (Å²) in [5, 5.41) is 3.17. The molecule has 4 nitrogen and oxygen atoms in total. The van der Waals surface area contributed by atoms with E-state index in [2.05, 4.69) is 48.8 Å². The van der Waals surface area contributed by atoms with Gasteiger partial charge in [-0.1, -0.05) is 91.0 Å². The fraction of sp³-hybridized carbons (Fsp3) is 0.179. The molecule has 0 aliphatic rings. The van der Waals surface area contributed by atoms with Gasteiger partial charge in [-0.2, -0.15) is 0 Å². The highest BCUT2D eigenvalue weighted by molar-refractivity contribution is 5.91. The predicted molar refractivity (Wildman–Crippen MR) is 126 cm³/mol. The Bertz CT molecular complexity index is 1110. The Labute approximate surface area is 189 Å². The summed E-state index contributed by atoms with van der Waals surface area (Å²) in [6, 6.07) is 34.2. The van der Waals surface area contributed by atoms with E-state index >= 15 is 0 Å². The number of carbonyl (C=O) groups is 1. The normalized spacial score (nSPS) is 12.8. The quantitative estimate of drug-likeness (QED) is 0.422. The Morgan fingerprint density at radius 2 is 1.38 bits per heavy atom. The third-order valence-electron chi connectivity index (χ3n) is 5.50. The summed E-state index contributed by atoms with van der Waals surface area (Å²) in [6.45, 7) is 1.62. The van der Waals surface area contributed by atoms with Crippen LogP contribution in [-0.4, -0.2) is 13.0 Å². The van der Waals surface area contributed by atoms with Crippen molar-refractivity contribution in [3.63, 3.8) is 0 Å². The Kier molecular flexibility index (Phi) is 7.15. The van der Waals surface area contributed by atoms with Gasteiger partial charge in [-0.15, -0.1) is 0 Å². The van der Waals surface area contributed by atoms with Gasteiger partial charge >= 0.3 is 0 Å². The first-order valence-electron chi connectivity index (χ1n) is 11.0. The highest BCUT2D eigenvalue weighted by Gasteiger charge is 2.19. The molecule has 1 aromatic heterocycles. The minimum Gasteiger partial charge on any atom is -0.450 e. The Balaban J connectivity index is 1.41. The summed E-state index contributed by atoms with van der Waals surface area (Å²) in [7, 11) is 2.13. The van der Waals surface area contributed by atoms with Crippen LogP contribution in [0.5, 0.6) is 0 Å². The first kappa shape index (κ1) is 21.6. The summed E-state index contributed by atoms with van der Waals surface area (Å²) >= 11 is 0. The van der Waals surface area contributed by atoms with E-state index in [9.17, 15) is 4.79 Å². The standard InChI is InChI=1S/C28H28N2O2/c1-30(20-23-13-7-3-8-14-23)21-25-17-18-27(32-25)28(31)29-26(24-15-9-4-10-16-24)19-22-11-5-2-6-12-22/h2-18,26H,19-21H2,1H3,(H,29,31)/p+1/t26-/m1/s1. The lowest BCUT2D eigenvalue weighted by Gasteiger charge is -2.19. The predicted octanol–water partition coefficient (Wildman–Crippen LogP) is 4.21. The molecule has 0 bridgehead atoms. The lowest BCUT2D eigenvalue weighted by atomic mass is 9.99. The third-order valence-corrected chi connectivity index (χ3v) is 5.50. The number of hydrogen-bond donors (Lipinski definition) is 2. The van der Waals surface area contributed by atoms with E-state index in [4.69, 9.17) is 4.42 Å². The number of nitrogens with one attached hydrogen (secondary N) is 2. The van der Waals surface area contributed by atoms with E-state index in [1.165, 1.54) is 16.0 Å². The number of furan rings is 1. The van der Waals surface area contributed by atoms with E-state index in [1.807, 2.05) is 60.7 Å². The van der Waals surface area contributed by atoms with Crippen LogP contribution in [0.2, 0.25) is 0 Å². The van der Waals surface area contributed by atoms with Gasteiger partial charge < -0.3 is 14.6 Å². The zero-order valence-electron chi connectivity index (χ0n) is 18.3. The van der Waals surface area contributed by atoms with Crippen molar-refractivity contribution in [2.24, 2.45) is 0 Å². The minimum atomic E-state index is -0.193. The maximum absolute atomic E-state index is 13.0. The summed E-state index contributed by atoms with van der Waals surface area (Å²) in [4.78, 5) is 14.3. The lowest BCUT2D eigenvalue weighted by Crippen LogP contribution is -3.06. The molecule has 1 amide bonds. The molecule has 0 saturated heterocycles. The monoisotopic (exact) mass is 425 g/mol. The van der Waals surface area contributed by atoms with Crippen LogP contribution < -0.4 is 10.2 Å². The average Bonchev–Trinajstić information content (AvgIpc) is 3.29. The zero-order chi connectivity index (χ0) is 22.2. The van der Waals surface area contributed by atoms with Crippen LogP contribution in [0.15, 0.2) is 108 Å². The van der Waals surface area contributed by atoms with Gasteiger partial charge in [0.15, 0.2) is 11.5 Å². The number of amides is 1. The molecular weight excluding hydrogens is 396 g/mol. The molecule has 2 N–H and O–H groups in total. The van der Waals surface area contributed by atoms with E-state index in [0.29, 0.717) is 18.7 Å². The SMILES string of the molecule is C[NH+](Cc1ccccc1)Cc1ccc(C(=O)N[C@H](Cc2ccccc2)c2ccccc2)o1. The molecule has 0 fully saturated rings. The third kappa shape index (κ3) is 5.96. The van der Waals surface area contributed by atoms with E-state index in [1.54, 1.807) is 6.07 Å². The molecule has 162 valence electrons. The van der Waals surface area contributed by atoms with E-state index < -0.39 is 0 Å². The van der Waals surface area contributed by atoms with Crippen molar-refractivity contribution in [1.29, 1.82) is 0 Å². The highest BCUT2D eigenvalue weighted by Crippen LogP contribution is 2.19. The molecular formula is C28H29N2O2+. The first-order chi connectivity index (χ1) is 15.7. The van der Waals surface area contributed by atoms with Crippen LogP contribution in [0.4, 0.5) is 0 Å². The first-order valence-corrected chi connectivity index (χ1v) is 11.0. The maximum Gasteiger partial charge on any atom is 0.287 e. The molecule has 0 aliphatic carbocycles. The second kappa shape index (κ2) is 10.6. The van der Waals surface area contributed by atoms with Crippen molar-refractivity contribution in [1.82, 2.24) is 5.32 Å². The largest absolute Gasteiger partial charge is 0.450 e. The minimum absolute atomic E-state index is 0.133. The second-order valence-electron chi connectivity index (χ2n) is 8.19. The molecule has 4 heteroatoms. The van der Waals surface area contributed by atoms with Crippen LogP contribution in [0.25, 0.3) is 0 Å². The fourth-order valence-corrected chi connectivity index (χ4v) is 3.92. The Morgan fingerprint density at radius 3 is 2.03 bits per heavy atom. The van der Waals surface area contributed by atoms with Crippen LogP contribution >= 0.6 is 0 Å². The number of benzene rings is 3. The number of rotatable bonds is 9. The zero-order valence-corrected chi connectivity index (χ0v) is 18.3. The van der Waals surface area contributed by atoms with Crippen molar-refractivity contribution in [2.75, 3.05) is 7.05 Å². The molecule has 4 aromatic rings. The molecule has 0 aliphatic heterocycles. The molecule has 0 radical (unpaired) electrons. The molecule has 1 unspecified atom stereocenters. The van der Waals surface area contributed by atoms with Gasteiger partial charge in [0.05, 0.1) is 13.1 Å².